The summed E-state index contributed by atoms with van der Waals surface area (Å²) < 4.78 is 74.7. The summed E-state index contributed by atoms with van der Waals surface area (Å²) >= 11 is 0.986. The minimum Gasteiger partial charge on any atom is -0.344 e. The number of nitrogens with one attached hydrogen (secondary N) is 2. The summed E-state index contributed by atoms with van der Waals surface area (Å²) in [7, 11) is 0. The Morgan fingerprint density at radius 1 is 1.28 bits per heavy atom. The van der Waals surface area contributed by atoms with Crippen molar-refractivity contribution in [1.29, 1.82) is 0 Å². The average Bonchev–Trinajstić information content (AvgIpc) is 3.74. The average molecular weight is 626 g/mol. The van der Waals surface area contributed by atoms with Crippen LogP contribution in [0.25, 0.3) is 5.65 Å². The number of fused-ring (bicyclic) bond motifs is 1. The molecule has 43 heavy (non-hydrogen) atoms. The first-order valence-electron chi connectivity index (χ1n) is 13.3. The van der Waals surface area contributed by atoms with Gasteiger partial charge in [0.05, 0.1) is 24.1 Å². The molecule has 2 amide bonds. The van der Waals surface area contributed by atoms with Gasteiger partial charge in [-0.2, -0.15) is 18.3 Å². The van der Waals surface area contributed by atoms with E-state index in [1.807, 2.05) is 5.32 Å². The minimum absolute atomic E-state index is 0.0516. The summed E-state index contributed by atoms with van der Waals surface area (Å²) in [5, 5.41) is 24.3. The molecule has 2 fully saturated rings. The molecule has 0 unspecified atom stereocenters. The van der Waals surface area contributed by atoms with Crippen molar-refractivity contribution in [3.63, 3.8) is 0 Å². The number of amides is 2. The number of rotatable bonds is 7. The first-order valence-corrected chi connectivity index (χ1v) is 14.2. The molecule has 0 aromatic carbocycles. The van der Waals surface area contributed by atoms with E-state index in [0.29, 0.717) is 11.3 Å². The van der Waals surface area contributed by atoms with Crippen LogP contribution in [0.15, 0.2) is 28.6 Å². The molecule has 6 rings (SSSR count). The van der Waals surface area contributed by atoms with Crippen molar-refractivity contribution in [2.75, 3.05) is 0 Å². The van der Waals surface area contributed by atoms with Crippen molar-refractivity contribution in [2.45, 2.75) is 75.0 Å². The molecule has 18 heteroatoms. The monoisotopic (exact) mass is 625 g/mol. The first-order chi connectivity index (χ1) is 20.3. The van der Waals surface area contributed by atoms with Crippen molar-refractivity contribution in [3.05, 3.63) is 51.6 Å². The Morgan fingerprint density at radius 3 is 2.67 bits per heavy atom. The number of halogens is 5. The van der Waals surface area contributed by atoms with E-state index in [4.69, 9.17) is 0 Å². The number of imidazole rings is 1. The predicted octanol–water partition coefficient (Wildman–Crippen LogP) is 3.50. The van der Waals surface area contributed by atoms with Gasteiger partial charge in [-0.05, 0) is 55.3 Å². The highest BCUT2D eigenvalue weighted by atomic mass is 32.1. The van der Waals surface area contributed by atoms with Crippen LogP contribution in [0.1, 0.15) is 70.6 Å². The number of nitrogens with zero attached hydrogens (tertiary/aromatic N) is 7. The highest BCUT2D eigenvalue weighted by Crippen LogP contribution is 2.43. The second-order valence-electron chi connectivity index (χ2n) is 10.9. The normalized spacial score (nSPS) is 23.4. The Hall–Kier alpha value is -4.09. The lowest BCUT2D eigenvalue weighted by atomic mass is 9.79. The molecule has 0 radical (unpaired) electrons. The lowest BCUT2D eigenvalue weighted by Gasteiger charge is -2.33. The molecule has 12 nitrogen and oxygen atoms in total. The Morgan fingerprint density at radius 2 is 2.05 bits per heavy atom. The summed E-state index contributed by atoms with van der Waals surface area (Å²) in [6.45, 7) is 1.54. The number of alkyl halides is 5. The quantitative estimate of drug-likeness (QED) is 0.294. The smallest absolute Gasteiger partial charge is 0.344 e. The van der Waals surface area contributed by atoms with Gasteiger partial charge in [0, 0.05) is 12.8 Å². The number of carbonyl (C=O) groups excluding carboxylic acids is 2. The second-order valence-corrected chi connectivity index (χ2v) is 11.8. The number of hydrogen-bond acceptors (Lipinski definition) is 10. The SMILES string of the molecule is Cc1nonc1C(=O)N[C@H](c1cn2ncc(C[C@]3(c4nncs4)C[C@@H](C(F)(F)F)NC3=O)cc2n1)C1CCC(F)(F)CC1. The molecule has 1 aliphatic heterocycles. The van der Waals surface area contributed by atoms with Gasteiger partial charge in [0.15, 0.2) is 11.3 Å². The lowest BCUT2D eigenvalue weighted by molar-refractivity contribution is -0.155. The van der Waals surface area contributed by atoms with Crippen LogP contribution in [-0.2, 0) is 16.6 Å². The van der Waals surface area contributed by atoms with Gasteiger partial charge in [0.1, 0.15) is 27.7 Å². The molecule has 0 bridgehead atoms. The van der Waals surface area contributed by atoms with E-state index in [2.05, 4.69) is 40.5 Å². The third kappa shape index (κ3) is 5.54. The predicted molar refractivity (Wildman–Crippen MR) is 137 cm³/mol. The summed E-state index contributed by atoms with van der Waals surface area (Å²) in [6, 6.07) is -1.26. The molecule has 4 aromatic heterocycles. The molecule has 2 aliphatic rings. The molecule has 3 atom stereocenters. The van der Waals surface area contributed by atoms with Crippen molar-refractivity contribution in [1.82, 2.24) is 45.7 Å². The highest BCUT2D eigenvalue weighted by Gasteiger charge is 2.57. The van der Waals surface area contributed by atoms with Gasteiger partial charge in [-0.15, -0.1) is 21.5 Å². The fraction of sp³-hybridized carbons (Fsp3) is 0.520. The number of hydrogen-bond donors (Lipinski definition) is 2. The minimum atomic E-state index is -4.65. The van der Waals surface area contributed by atoms with Crippen LogP contribution >= 0.6 is 11.3 Å². The van der Waals surface area contributed by atoms with E-state index in [-0.39, 0.29) is 60.1 Å². The van der Waals surface area contributed by atoms with Crippen molar-refractivity contribution in [3.8, 4) is 0 Å². The maximum atomic E-state index is 14.0. The molecular formula is C25H24F5N9O3S. The van der Waals surface area contributed by atoms with E-state index in [9.17, 15) is 31.5 Å². The summed E-state index contributed by atoms with van der Waals surface area (Å²) in [6.07, 6.45) is -2.85. The van der Waals surface area contributed by atoms with Gasteiger partial charge >= 0.3 is 6.18 Å². The van der Waals surface area contributed by atoms with Crippen LogP contribution in [0.5, 0.6) is 0 Å². The third-order valence-electron chi connectivity index (χ3n) is 8.06. The van der Waals surface area contributed by atoms with E-state index < -0.39 is 47.8 Å². The molecule has 2 N–H and O–H groups in total. The zero-order valence-electron chi connectivity index (χ0n) is 22.4. The fourth-order valence-corrected chi connectivity index (χ4v) is 6.55. The Balaban J connectivity index is 1.32. The van der Waals surface area contributed by atoms with Crippen LogP contribution in [-0.4, -0.2) is 65.1 Å². The Kier molecular flexibility index (Phi) is 7.13. The molecule has 228 valence electrons. The molecule has 5 heterocycles. The van der Waals surface area contributed by atoms with Gasteiger partial charge < -0.3 is 10.6 Å². The van der Waals surface area contributed by atoms with Crippen molar-refractivity contribution in [2.24, 2.45) is 5.92 Å². The maximum Gasteiger partial charge on any atom is 0.408 e. The number of aryl methyl sites for hydroxylation is 1. The Labute approximate surface area is 243 Å². The van der Waals surface area contributed by atoms with E-state index in [1.54, 1.807) is 12.3 Å². The number of aromatic nitrogens is 7. The zero-order chi connectivity index (χ0) is 30.6. The largest absolute Gasteiger partial charge is 0.408 e. The highest BCUT2D eigenvalue weighted by molar-refractivity contribution is 7.09. The van der Waals surface area contributed by atoms with Gasteiger partial charge in [-0.3, -0.25) is 9.59 Å². The third-order valence-corrected chi connectivity index (χ3v) is 8.96. The molecule has 0 spiro atoms. The van der Waals surface area contributed by atoms with Crippen LogP contribution in [0.4, 0.5) is 22.0 Å². The van der Waals surface area contributed by atoms with Crippen molar-refractivity contribution >= 4 is 28.8 Å². The first kappa shape index (κ1) is 29.0. The molecule has 1 saturated carbocycles. The van der Waals surface area contributed by atoms with Crippen molar-refractivity contribution < 1.29 is 36.2 Å². The second kappa shape index (κ2) is 10.6. The van der Waals surface area contributed by atoms with Crippen LogP contribution in [0.2, 0.25) is 0 Å². The van der Waals surface area contributed by atoms with E-state index in [1.165, 1.54) is 23.1 Å². The lowest BCUT2D eigenvalue weighted by Crippen LogP contribution is -2.40. The van der Waals surface area contributed by atoms with Gasteiger partial charge in [-0.1, -0.05) is 5.16 Å². The standard InChI is InChI=1S/C25H24F5N9O3S/c1-12-18(38-42-37-12)20(40)35-19(14-2-4-24(26,27)5-3-14)15-10-39-17(33-15)6-13(9-32-39)7-23(22-36-31-11-43-22)8-16(25(28,29)30)34-21(23)41/h6,9-11,14,16,19H,2-5,7-8H2,1H3,(H,34,41)(H,35,40)/t16-,19-,23-/m0/s1. The molecular weight excluding hydrogens is 601 g/mol. The van der Waals surface area contributed by atoms with E-state index >= 15 is 0 Å². The molecule has 1 saturated heterocycles. The Bertz CT molecular complexity index is 1650. The van der Waals surface area contributed by atoms with E-state index in [0.717, 1.165) is 11.3 Å². The number of carbonyl (C=O) groups is 2. The van der Waals surface area contributed by atoms with Gasteiger partial charge in [0.25, 0.3) is 5.91 Å². The van der Waals surface area contributed by atoms with Crippen LogP contribution in [0, 0.1) is 12.8 Å². The van der Waals surface area contributed by atoms with Gasteiger partial charge in [0.2, 0.25) is 11.8 Å². The van der Waals surface area contributed by atoms with Crippen LogP contribution < -0.4 is 10.6 Å². The topological polar surface area (TPSA) is 153 Å². The molecule has 1 aliphatic carbocycles. The summed E-state index contributed by atoms with van der Waals surface area (Å²) in [5.74, 6) is -4.61. The van der Waals surface area contributed by atoms with Crippen LogP contribution in [0.3, 0.4) is 0 Å². The zero-order valence-corrected chi connectivity index (χ0v) is 23.3. The summed E-state index contributed by atoms with van der Waals surface area (Å²) in [4.78, 5) is 30.7. The summed E-state index contributed by atoms with van der Waals surface area (Å²) in [5.41, 5.74) is 0.969. The van der Waals surface area contributed by atoms with Gasteiger partial charge in [-0.25, -0.2) is 22.9 Å². The maximum absolute atomic E-state index is 14.0. The molecule has 4 aromatic rings. The fourth-order valence-electron chi connectivity index (χ4n) is 5.79.